The molecular formula is C30H41ClN2O5. The van der Waals surface area contributed by atoms with Crippen molar-refractivity contribution in [1.82, 2.24) is 4.90 Å². The third-order valence-corrected chi connectivity index (χ3v) is 8.58. The normalized spacial score (nSPS) is 25.4. The molecule has 1 saturated carbocycles. The summed E-state index contributed by atoms with van der Waals surface area (Å²) in [6.45, 7) is 5.73. The molecule has 4 rings (SSSR count). The van der Waals surface area contributed by atoms with Crippen LogP contribution in [-0.4, -0.2) is 72.7 Å². The summed E-state index contributed by atoms with van der Waals surface area (Å²) in [5.41, 5.74) is 9.32. The monoisotopic (exact) mass is 544 g/mol. The number of benzene rings is 2. The van der Waals surface area contributed by atoms with Gasteiger partial charge in [0.15, 0.2) is 0 Å². The molecule has 0 spiro atoms. The minimum Gasteiger partial charge on any atom is -0.391 e. The number of rotatable bonds is 9. The highest BCUT2D eigenvalue weighted by Gasteiger charge is 2.45. The lowest BCUT2D eigenvalue weighted by Gasteiger charge is -2.44. The molecule has 2 aliphatic rings. The number of nitrogens with two attached hydrogens (primary N) is 1. The van der Waals surface area contributed by atoms with Crippen molar-refractivity contribution in [2.24, 2.45) is 11.7 Å². The Balaban J connectivity index is 1.69. The first-order valence-electron chi connectivity index (χ1n) is 13.6. The number of hydrogen-bond acceptors (Lipinski definition) is 6. The van der Waals surface area contributed by atoms with Gasteiger partial charge >= 0.3 is 0 Å². The van der Waals surface area contributed by atoms with Gasteiger partial charge in [0.2, 0.25) is 5.91 Å². The van der Waals surface area contributed by atoms with Crippen molar-refractivity contribution in [2.45, 2.75) is 69.8 Å². The number of nitrogens with zero attached hydrogens (tertiary/aromatic N) is 1. The van der Waals surface area contributed by atoms with Crippen LogP contribution in [0.4, 0.5) is 0 Å². The number of ether oxygens (including phenoxy) is 2. The van der Waals surface area contributed by atoms with Crippen molar-refractivity contribution in [3.63, 3.8) is 0 Å². The number of morpholine rings is 1. The van der Waals surface area contributed by atoms with Gasteiger partial charge in [-0.3, -0.25) is 4.79 Å². The molecule has 38 heavy (non-hydrogen) atoms. The number of amides is 1. The zero-order chi connectivity index (χ0) is 27.4. The van der Waals surface area contributed by atoms with Crippen molar-refractivity contribution >= 4 is 17.5 Å². The SMILES string of the molecule is COCCCC[C@@](O)(c1cccc(Cl)c1-c1ccc(C)c(C)c1)[C@H]1CN(C(=O)[C@H]2C[C@@H](N)[C@@H](O)C2)CCO1. The van der Waals surface area contributed by atoms with Crippen LogP contribution in [-0.2, 0) is 19.9 Å². The topological polar surface area (TPSA) is 105 Å². The first-order chi connectivity index (χ1) is 18.2. The average Bonchev–Trinajstić information content (AvgIpc) is 3.25. The van der Waals surface area contributed by atoms with Gasteiger partial charge in [0, 0.05) is 42.8 Å². The molecule has 1 aliphatic carbocycles. The third kappa shape index (κ3) is 6.09. The van der Waals surface area contributed by atoms with Crippen LogP contribution in [0, 0.1) is 19.8 Å². The zero-order valence-corrected chi connectivity index (χ0v) is 23.4. The van der Waals surface area contributed by atoms with Crippen LogP contribution in [0.1, 0.15) is 48.8 Å². The maximum absolute atomic E-state index is 13.4. The molecule has 1 saturated heterocycles. The standard InChI is InChI=1S/C30H41ClN2O5/c1-19-9-10-21(15-20(19)2)28-23(7-6-8-24(28)31)30(36,11-4-5-13-37-3)27-18-33(12-14-38-27)29(35)22-16-25(32)26(34)17-22/h6-10,15,22,25-27,34,36H,4-5,11-14,16-18,32H2,1-3H3/t22-,25+,26-,27+,30+/m0/s1. The van der Waals surface area contributed by atoms with E-state index >= 15 is 0 Å². The van der Waals surface area contributed by atoms with Gasteiger partial charge in [-0.25, -0.2) is 0 Å². The van der Waals surface area contributed by atoms with Gasteiger partial charge in [-0.05, 0) is 74.3 Å². The maximum Gasteiger partial charge on any atom is 0.226 e. The Bertz CT molecular complexity index is 1120. The van der Waals surface area contributed by atoms with Crippen LogP contribution in [0.15, 0.2) is 36.4 Å². The Kier molecular flexibility index (Phi) is 9.50. The minimum atomic E-state index is -1.39. The summed E-state index contributed by atoms with van der Waals surface area (Å²) in [5.74, 6) is -0.349. The molecular weight excluding hydrogens is 504 g/mol. The molecule has 0 unspecified atom stereocenters. The third-order valence-electron chi connectivity index (χ3n) is 8.27. The number of aliphatic hydroxyl groups is 2. The van der Waals surface area contributed by atoms with Crippen molar-refractivity contribution in [2.75, 3.05) is 33.4 Å². The number of halogens is 1. The van der Waals surface area contributed by atoms with E-state index in [1.165, 1.54) is 5.56 Å². The van der Waals surface area contributed by atoms with Crippen molar-refractivity contribution < 1.29 is 24.5 Å². The van der Waals surface area contributed by atoms with Crippen LogP contribution in [0.5, 0.6) is 0 Å². The summed E-state index contributed by atoms with van der Waals surface area (Å²) >= 11 is 6.81. The Hall–Kier alpha value is -2.00. The molecule has 2 fully saturated rings. The minimum absolute atomic E-state index is 0.0347. The molecule has 1 aliphatic heterocycles. The number of aryl methyl sites for hydroxylation is 2. The Morgan fingerprint density at radius 2 is 2.00 bits per heavy atom. The maximum atomic E-state index is 13.4. The molecule has 208 valence electrons. The van der Waals surface area contributed by atoms with E-state index in [0.717, 1.165) is 23.1 Å². The molecule has 1 heterocycles. The average molecular weight is 545 g/mol. The van der Waals surface area contributed by atoms with Crippen LogP contribution in [0.2, 0.25) is 5.02 Å². The van der Waals surface area contributed by atoms with Gasteiger partial charge in [0.1, 0.15) is 11.7 Å². The number of carbonyl (C=O) groups is 1. The van der Waals surface area contributed by atoms with Crippen LogP contribution < -0.4 is 5.73 Å². The molecule has 1 amide bonds. The fourth-order valence-electron chi connectivity index (χ4n) is 5.83. The van der Waals surface area contributed by atoms with Gasteiger partial charge in [-0.1, -0.05) is 41.9 Å². The number of hydrogen-bond donors (Lipinski definition) is 3. The number of aliphatic hydroxyl groups excluding tert-OH is 1. The quantitative estimate of drug-likeness (QED) is 0.413. The summed E-state index contributed by atoms with van der Waals surface area (Å²) in [7, 11) is 1.67. The molecule has 2 aromatic carbocycles. The molecule has 0 radical (unpaired) electrons. The fourth-order valence-corrected chi connectivity index (χ4v) is 6.12. The lowest BCUT2D eigenvalue weighted by molar-refractivity contribution is -0.167. The largest absolute Gasteiger partial charge is 0.391 e. The summed E-state index contributed by atoms with van der Waals surface area (Å²) in [6, 6.07) is 11.4. The van der Waals surface area contributed by atoms with E-state index in [4.69, 9.17) is 26.8 Å². The van der Waals surface area contributed by atoms with E-state index in [2.05, 4.69) is 26.0 Å². The summed E-state index contributed by atoms with van der Waals surface area (Å²) < 4.78 is 11.5. The second-order valence-electron chi connectivity index (χ2n) is 10.9. The highest BCUT2D eigenvalue weighted by Crippen LogP contribution is 2.43. The van der Waals surface area contributed by atoms with E-state index in [9.17, 15) is 15.0 Å². The number of carbonyl (C=O) groups excluding carboxylic acids is 1. The molecule has 4 N–H and O–H groups in total. The van der Waals surface area contributed by atoms with Gasteiger partial charge in [-0.15, -0.1) is 0 Å². The zero-order valence-electron chi connectivity index (χ0n) is 22.7. The van der Waals surface area contributed by atoms with Crippen LogP contribution >= 0.6 is 11.6 Å². The second kappa shape index (κ2) is 12.5. The number of methoxy groups -OCH3 is 1. The summed E-state index contributed by atoms with van der Waals surface area (Å²) in [6.07, 6.45) is 1.45. The Morgan fingerprint density at radius 3 is 2.68 bits per heavy atom. The smallest absolute Gasteiger partial charge is 0.226 e. The predicted molar refractivity (Wildman–Crippen MR) is 149 cm³/mol. The van der Waals surface area contributed by atoms with E-state index in [0.29, 0.717) is 56.0 Å². The van der Waals surface area contributed by atoms with E-state index in [1.54, 1.807) is 12.0 Å². The van der Waals surface area contributed by atoms with Gasteiger partial charge < -0.3 is 30.3 Å². The fraction of sp³-hybridized carbons (Fsp3) is 0.567. The Morgan fingerprint density at radius 1 is 1.21 bits per heavy atom. The van der Waals surface area contributed by atoms with Crippen LogP contribution in [0.25, 0.3) is 11.1 Å². The van der Waals surface area contributed by atoms with E-state index in [1.807, 2.05) is 24.3 Å². The molecule has 2 aromatic rings. The second-order valence-corrected chi connectivity index (χ2v) is 11.3. The molecule has 7 nitrogen and oxygen atoms in total. The van der Waals surface area contributed by atoms with Gasteiger partial charge in [0.05, 0.1) is 19.3 Å². The molecule has 8 heteroatoms. The predicted octanol–water partition coefficient (Wildman–Crippen LogP) is 3.95. The lowest BCUT2D eigenvalue weighted by Crippen LogP contribution is -2.55. The summed E-state index contributed by atoms with van der Waals surface area (Å²) in [5, 5.41) is 23.2. The molecule has 0 aromatic heterocycles. The van der Waals surface area contributed by atoms with E-state index < -0.39 is 17.8 Å². The molecule has 5 atom stereocenters. The molecule has 0 bridgehead atoms. The van der Waals surface area contributed by atoms with Crippen molar-refractivity contribution in [1.29, 1.82) is 0 Å². The van der Waals surface area contributed by atoms with Crippen molar-refractivity contribution in [3.05, 3.63) is 58.1 Å². The van der Waals surface area contributed by atoms with Gasteiger partial charge in [0.25, 0.3) is 0 Å². The van der Waals surface area contributed by atoms with E-state index in [-0.39, 0.29) is 24.4 Å². The number of unbranched alkanes of at least 4 members (excludes halogenated alkanes) is 1. The lowest BCUT2D eigenvalue weighted by atomic mass is 9.78. The highest BCUT2D eigenvalue weighted by atomic mass is 35.5. The highest BCUT2D eigenvalue weighted by molar-refractivity contribution is 6.33. The Labute approximate surface area is 230 Å². The van der Waals surface area contributed by atoms with Gasteiger partial charge in [-0.2, -0.15) is 0 Å². The van der Waals surface area contributed by atoms with Crippen LogP contribution in [0.3, 0.4) is 0 Å². The first kappa shape index (κ1) is 29.0. The van der Waals surface area contributed by atoms with Crippen molar-refractivity contribution in [3.8, 4) is 11.1 Å². The summed E-state index contributed by atoms with van der Waals surface area (Å²) in [4.78, 5) is 15.2. The first-order valence-corrected chi connectivity index (χ1v) is 14.0.